The zero-order valence-corrected chi connectivity index (χ0v) is 14.6. The van der Waals surface area contributed by atoms with Crippen LogP contribution in [0.25, 0.3) is 0 Å². The normalized spacial score (nSPS) is 11.2. The van der Waals surface area contributed by atoms with Gasteiger partial charge in [0.05, 0.1) is 11.4 Å². The van der Waals surface area contributed by atoms with Gasteiger partial charge in [-0.05, 0) is 24.7 Å². The van der Waals surface area contributed by atoms with Crippen LogP contribution in [0.15, 0.2) is 11.2 Å². The highest BCUT2D eigenvalue weighted by atomic mass is 32.2. The summed E-state index contributed by atoms with van der Waals surface area (Å²) >= 11 is 1.68. The Kier molecular flexibility index (Phi) is 7.72. The third kappa shape index (κ3) is 7.46. The lowest BCUT2D eigenvalue weighted by molar-refractivity contribution is -0.118. The van der Waals surface area contributed by atoms with Crippen molar-refractivity contribution in [2.45, 2.75) is 52.5 Å². The average Bonchev–Trinajstić information content (AvgIpc) is 2.36. The molecule has 21 heavy (non-hydrogen) atoms. The smallest absolute Gasteiger partial charge is 0.216 e. The first-order valence-electron chi connectivity index (χ1n) is 7.60. The van der Waals surface area contributed by atoms with Crippen molar-refractivity contribution >= 4 is 17.7 Å². The Morgan fingerprint density at radius 2 is 1.90 bits per heavy atom. The summed E-state index contributed by atoms with van der Waals surface area (Å²) in [7, 11) is 0. The number of hydrogen-bond acceptors (Lipinski definition) is 4. The van der Waals surface area contributed by atoms with Crippen molar-refractivity contribution in [1.29, 1.82) is 0 Å². The van der Waals surface area contributed by atoms with Gasteiger partial charge in [-0.25, -0.2) is 4.98 Å². The quantitative estimate of drug-likeness (QED) is 0.592. The summed E-state index contributed by atoms with van der Waals surface area (Å²) in [6.07, 6.45) is 3.81. The van der Waals surface area contributed by atoms with Crippen LogP contribution >= 0.6 is 11.8 Å². The van der Waals surface area contributed by atoms with E-state index in [0.29, 0.717) is 18.4 Å². The third-order valence-electron chi connectivity index (χ3n) is 2.80. The number of aromatic nitrogens is 2. The molecule has 1 aromatic rings. The predicted molar refractivity (Wildman–Crippen MR) is 88.5 cm³/mol. The van der Waals surface area contributed by atoms with Crippen LogP contribution in [0.3, 0.4) is 0 Å². The van der Waals surface area contributed by atoms with Gasteiger partial charge in [0, 0.05) is 25.4 Å². The van der Waals surface area contributed by atoms with Gasteiger partial charge in [-0.1, -0.05) is 27.7 Å². The Morgan fingerprint density at radius 1 is 1.24 bits per heavy atom. The number of nitrogens with one attached hydrogen (secondary N) is 1. The van der Waals surface area contributed by atoms with Crippen molar-refractivity contribution in [1.82, 2.24) is 15.3 Å². The molecule has 0 aliphatic heterocycles. The molecule has 0 spiro atoms. The predicted octanol–water partition coefficient (Wildman–Crippen LogP) is 3.10. The van der Waals surface area contributed by atoms with Crippen LogP contribution in [0.4, 0.5) is 0 Å². The van der Waals surface area contributed by atoms with Gasteiger partial charge in [0.25, 0.3) is 0 Å². The Labute approximate surface area is 132 Å². The lowest BCUT2D eigenvalue weighted by atomic mass is 10.1. The zero-order valence-electron chi connectivity index (χ0n) is 13.8. The Balaban J connectivity index is 2.75. The van der Waals surface area contributed by atoms with Gasteiger partial charge in [-0.3, -0.25) is 9.78 Å². The van der Waals surface area contributed by atoms with Gasteiger partial charge in [0.15, 0.2) is 0 Å². The van der Waals surface area contributed by atoms with Crippen molar-refractivity contribution in [3.8, 4) is 0 Å². The molecule has 0 aromatic carbocycles. The van der Waals surface area contributed by atoms with Crippen LogP contribution in [0.5, 0.6) is 0 Å². The van der Waals surface area contributed by atoms with E-state index in [1.807, 2.05) is 6.20 Å². The first kappa shape index (κ1) is 18.0. The van der Waals surface area contributed by atoms with Gasteiger partial charge in [-0.2, -0.15) is 0 Å². The standard InChI is InChI=1S/C16H27N3OS/c1-11(2)8-14-10-18-15(9-12(3)4)16(19-14)21-7-6-17-13(5)20/h10-12H,6-9H2,1-5H3,(H,17,20). The first-order valence-corrected chi connectivity index (χ1v) is 8.59. The summed E-state index contributed by atoms with van der Waals surface area (Å²) in [5.74, 6) is 1.97. The van der Waals surface area contributed by atoms with Crippen molar-refractivity contribution in [2.75, 3.05) is 12.3 Å². The molecule has 0 bridgehead atoms. The van der Waals surface area contributed by atoms with Crippen LogP contribution in [0.1, 0.15) is 46.0 Å². The summed E-state index contributed by atoms with van der Waals surface area (Å²) < 4.78 is 0. The molecular formula is C16H27N3OS. The van der Waals surface area contributed by atoms with E-state index < -0.39 is 0 Å². The van der Waals surface area contributed by atoms with E-state index >= 15 is 0 Å². The summed E-state index contributed by atoms with van der Waals surface area (Å²) in [5.41, 5.74) is 2.13. The zero-order chi connectivity index (χ0) is 15.8. The topological polar surface area (TPSA) is 54.9 Å². The molecule has 1 amide bonds. The van der Waals surface area contributed by atoms with Crippen LogP contribution in [0, 0.1) is 11.8 Å². The second-order valence-corrected chi connectivity index (χ2v) is 7.22. The number of hydrogen-bond donors (Lipinski definition) is 1. The SMILES string of the molecule is CC(=O)NCCSc1nc(CC(C)C)cnc1CC(C)C. The first-order chi connectivity index (χ1) is 9.88. The van der Waals surface area contributed by atoms with Gasteiger partial charge in [0.2, 0.25) is 5.91 Å². The van der Waals surface area contributed by atoms with Crippen LogP contribution < -0.4 is 5.32 Å². The van der Waals surface area contributed by atoms with E-state index in [-0.39, 0.29) is 5.91 Å². The highest BCUT2D eigenvalue weighted by Gasteiger charge is 2.11. The number of nitrogens with zero attached hydrogens (tertiary/aromatic N) is 2. The van der Waals surface area contributed by atoms with E-state index in [2.05, 4.69) is 38.0 Å². The minimum absolute atomic E-state index is 0.0117. The van der Waals surface area contributed by atoms with Crippen LogP contribution in [-0.2, 0) is 17.6 Å². The molecule has 0 unspecified atom stereocenters. The maximum absolute atomic E-state index is 10.9. The molecule has 1 heterocycles. The van der Waals surface area contributed by atoms with Crippen molar-refractivity contribution in [2.24, 2.45) is 11.8 Å². The molecule has 0 saturated carbocycles. The average molecular weight is 309 g/mol. The summed E-state index contributed by atoms with van der Waals surface area (Å²) in [4.78, 5) is 20.3. The molecule has 4 nitrogen and oxygen atoms in total. The maximum atomic E-state index is 10.9. The van der Waals surface area contributed by atoms with Crippen molar-refractivity contribution in [3.05, 3.63) is 17.6 Å². The van der Waals surface area contributed by atoms with Gasteiger partial charge >= 0.3 is 0 Å². The van der Waals surface area contributed by atoms with Gasteiger partial charge < -0.3 is 5.32 Å². The lowest BCUT2D eigenvalue weighted by Crippen LogP contribution is -2.22. The highest BCUT2D eigenvalue weighted by Crippen LogP contribution is 2.22. The summed E-state index contributed by atoms with van der Waals surface area (Å²) in [6, 6.07) is 0. The number of carbonyl (C=O) groups is 1. The third-order valence-corrected chi connectivity index (χ3v) is 3.80. The lowest BCUT2D eigenvalue weighted by Gasteiger charge is -2.12. The van der Waals surface area contributed by atoms with E-state index in [1.54, 1.807) is 11.8 Å². The van der Waals surface area contributed by atoms with E-state index in [9.17, 15) is 4.79 Å². The minimum Gasteiger partial charge on any atom is -0.356 e. The molecule has 0 aliphatic rings. The largest absolute Gasteiger partial charge is 0.356 e. The second kappa shape index (κ2) is 9.03. The fourth-order valence-electron chi connectivity index (χ4n) is 1.97. The monoisotopic (exact) mass is 309 g/mol. The van der Waals surface area contributed by atoms with Crippen molar-refractivity contribution < 1.29 is 4.79 Å². The molecule has 0 aliphatic carbocycles. The molecule has 0 radical (unpaired) electrons. The Hall–Kier alpha value is -1.10. The minimum atomic E-state index is 0.0117. The molecule has 5 heteroatoms. The van der Waals surface area contributed by atoms with E-state index in [1.165, 1.54) is 6.92 Å². The Bertz CT molecular complexity index is 461. The molecule has 1 rings (SSSR count). The fourth-order valence-corrected chi connectivity index (χ4v) is 2.85. The molecule has 1 N–H and O–H groups in total. The molecule has 118 valence electrons. The molecule has 0 fully saturated rings. The number of amides is 1. The van der Waals surface area contributed by atoms with Crippen LogP contribution in [0.2, 0.25) is 0 Å². The van der Waals surface area contributed by atoms with Gasteiger partial charge in [-0.15, -0.1) is 11.8 Å². The number of thioether (sulfide) groups is 1. The highest BCUT2D eigenvalue weighted by molar-refractivity contribution is 7.99. The second-order valence-electron chi connectivity index (χ2n) is 6.14. The van der Waals surface area contributed by atoms with E-state index in [4.69, 9.17) is 4.98 Å². The molecular weight excluding hydrogens is 282 g/mol. The molecule has 0 atom stereocenters. The molecule has 0 saturated heterocycles. The van der Waals surface area contributed by atoms with Crippen molar-refractivity contribution in [3.63, 3.8) is 0 Å². The summed E-state index contributed by atoms with van der Waals surface area (Å²) in [6.45, 7) is 11.0. The number of rotatable bonds is 8. The molecule has 1 aromatic heterocycles. The maximum Gasteiger partial charge on any atom is 0.216 e. The van der Waals surface area contributed by atoms with Crippen LogP contribution in [-0.4, -0.2) is 28.2 Å². The van der Waals surface area contributed by atoms with E-state index in [0.717, 1.165) is 35.0 Å². The fraction of sp³-hybridized carbons (Fsp3) is 0.688. The van der Waals surface area contributed by atoms with Gasteiger partial charge in [0.1, 0.15) is 5.03 Å². The Morgan fingerprint density at radius 3 is 2.48 bits per heavy atom. The number of carbonyl (C=O) groups excluding carboxylic acids is 1. The summed E-state index contributed by atoms with van der Waals surface area (Å²) in [5, 5.41) is 3.84.